The maximum absolute atomic E-state index is 12.8. The molecule has 0 aliphatic carbocycles. The van der Waals surface area contributed by atoms with E-state index in [1.165, 1.54) is 0 Å². The first-order valence-electron chi connectivity index (χ1n) is 10.7. The van der Waals surface area contributed by atoms with Gasteiger partial charge in [0.2, 0.25) is 11.8 Å². The van der Waals surface area contributed by atoms with Crippen LogP contribution >= 0.6 is 0 Å². The van der Waals surface area contributed by atoms with Gasteiger partial charge >= 0.3 is 0 Å². The van der Waals surface area contributed by atoms with E-state index in [2.05, 4.69) is 25.8 Å². The van der Waals surface area contributed by atoms with E-state index in [1.54, 1.807) is 30.5 Å². The van der Waals surface area contributed by atoms with Gasteiger partial charge in [0, 0.05) is 17.3 Å². The quantitative estimate of drug-likeness (QED) is 0.252. The number of aromatic amines is 1. The Kier molecular flexibility index (Phi) is 6.82. The van der Waals surface area contributed by atoms with Crippen LogP contribution in [0.15, 0.2) is 66.9 Å². The standard InChI is InChI=1S/C25H23N7O3/c26-23(33)14-22(24(27)34)30-25(35)18-6-1-2-7-19(18)29-16-8-10-17-20(31-32-21(17)13-16)11-9-15-5-3-4-12-28-15/h1-13,22,29H,14H2,(H2,26,33)(H2,27,34)(H,30,35)(H,31,32)/b11-9+/t22-/m1/s1. The van der Waals surface area contributed by atoms with Crippen LogP contribution in [-0.2, 0) is 9.59 Å². The molecule has 0 bridgehead atoms. The molecule has 10 nitrogen and oxygen atoms in total. The zero-order valence-corrected chi connectivity index (χ0v) is 18.6. The molecule has 4 rings (SSSR count). The minimum atomic E-state index is -1.20. The van der Waals surface area contributed by atoms with Gasteiger partial charge in [0.05, 0.1) is 34.6 Å². The monoisotopic (exact) mass is 469 g/mol. The number of hydrogen-bond acceptors (Lipinski definition) is 6. The lowest BCUT2D eigenvalue weighted by Gasteiger charge is -2.16. The van der Waals surface area contributed by atoms with Crippen LogP contribution in [0.25, 0.3) is 23.1 Å². The van der Waals surface area contributed by atoms with E-state index >= 15 is 0 Å². The van der Waals surface area contributed by atoms with Gasteiger partial charge in [-0.1, -0.05) is 18.2 Å². The summed E-state index contributed by atoms with van der Waals surface area (Å²) in [6.45, 7) is 0. The van der Waals surface area contributed by atoms with Gasteiger partial charge in [0.25, 0.3) is 5.91 Å². The molecule has 2 aromatic carbocycles. The molecule has 10 heteroatoms. The van der Waals surface area contributed by atoms with Crippen LogP contribution in [0.4, 0.5) is 11.4 Å². The SMILES string of the molecule is NC(=O)C[C@@H](NC(=O)c1ccccc1Nc1ccc2c(/C=C/c3ccccn3)n[nH]c2c1)C(N)=O. The number of H-pyrrole nitrogens is 1. The summed E-state index contributed by atoms with van der Waals surface area (Å²) in [5, 5.41) is 14.0. The topological polar surface area (TPSA) is 169 Å². The average Bonchev–Trinajstić information content (AvgIpc) is 3.25. The van der Waals surface area contributed by atoms with Crippen molar-refractivity contribution in [3.8, 4) is 0 Å². The molecular weight excluding hydrogens is 446 g/mol. The Morgan fingerprint density at radius 1 is 1.00 bits per heavy atom. The summed E-state index contributed by atoms with van der Waals surface area (Å²) in [7, 11) is 0. The largest absolute Gasteiger partial charge is 0.370 e. The number of hydrogen-bond donors (Lipinski definition) is 5. The number of anilines is 2. The van der Waals surface area contributed by atoms with Crippen LogP contribution in [0.3, 0.4) is 0 Å². The van der Waals surface area contributed by atoms with Crippen molar-refractivity contribution in [2.24, 2.45) is 11.5 Å². The van der Waals surface area contributed by atoms with Gasteiger partial charge in [0.1, 0.15) is 6.04 Å². The predicted octanol–water partition coefficient (Wildman–Crippen LogP) is 2.33. The molecule has 0 aliphatic heterocycles. The van der Waals surface area contributed by atoms with Crippen LogP contribution in [-0.4, -0.2) is 38.9 Å². The maximum atomic E-state index is 12.8. The van der Waals surface area contributed by atoms with Crippen molar-refractivity contribution in [2.75, 3.05) is 5.32 Å². The normalized spacial score (nSPS) is 11.9. The molecule has 35 heavy (non-hydrogen) atoms. The molecule has 1 atom stereocenters. The highest BCUT2D eigenvalue weighted by atomic mass is 16.2. The van der Waals surface area contributed by atoms with Gasteiger partial charge in [-0.05, 0) is 54.6 Å². The second kappa shape index (κ2) is 10.3. The summed E-state index contributed by atoms with van der Waals surface area (Å²) in [6, 6.07) is 16.9. The molecule has 176 valence electrons. The van der Waals surface area contributed by atoms with E-state index in [-0.39, 0.29) is 12.0 Å². The molecular formula is C25H23N7O3. The Balaban J connectivity index is 1.54. The summed E-state index contributed by atoms with van der Waals surface area (Å²) in [4.78, 5) is 39.9. The van der Waals surface area contributed by atoms with E-state index in [1.807, 2.05) is 48.6 Å². The van der Waals surface area contributed by atoms with Gasteiger partial charge in [-0.3, -0.25) is 24.5 Å². The Hall–Kier alpha value is -4.99. The first kappa shape index (κ1) is 23.2. The van der Waals surface area contributed by atoms with Crippen LogP contribution in [0.1, 0.15) is 28.2 Å². The molecule has 7 N–H and O–H groups in total. The third-order valence-electron chi connectivity index (χ3n) is 5.20. The number of benzene rings is 2. The zero-order valence-electron chi connectivity index (χ0n) is 18.6. The van der Waals surface area contributed by atoms with Crippen LogP contribution in [0.2, 0.25) is 0 Å². The fourth-order valence-corrected chi connectivity index (χ4v) is 3.49. The number of pyridine rings is 1. The summed E-state index contributed by atoms with van der Waals surface area (Å²) >= 11 is 0. The molecule has 0 saturated carbocycles. The first-order valence-corrected chi connectivity index (χ1v) is 10.7. The van der Waals surface area contributed by atoms with E-state index in [0.717, 1.165) is 22.3 Å². The number of aromatic nitrogens is 3. The van der Waals surface area contributed by atoms with Crippen molar-refractivity contribution in [1.29, 1.82) is 0 Å². The number of carbonyl (C=O) groups is 3. The maximum Gasteiger partial charge on any atom is 0.254 e. The number of fused-ring (bicyclic) bond motifs is 1. The predicted molar refractivity (Wildman–Crippen MR) is 133 cm³/mol. The number of carbonyl (C=O) groups excluding carboxylic acids is 3. The lowest BCUT2D eigenvalue weighted by molar-refractivity contribution is -0.124. The lowest BCUT2D eigenvalue weighted by atomic mass is 10.1. The van der Waals surface area contributed by atoms with E-state index in [4.69, 9.17) is 11.5 Å². The fraction of sp³-hybridized carbons (Fsp3) is 0.0800. The van der Waals surface area contributed by atoms with E-state index in [9.17, 15) is 14.4 Å². The molecule has 0 aliphatic rings. The Morgan fingerprint density at radius 2 is 1.80 bits per heavy atom. The van der Waals surface area contributed by atoms with Crippen molar-refractivity contribution < 1.29 is 14.4 Å². The third-order valence-corrected chi connectivity index (χ3v) is 5.20. The van der Waals surface area contributed by atoms with Crippen molar-refractivity contribution in [2.45, 2.75) is 12.5 Å². The molecule has 2 heterocycles. The van der Waals surface area contributed by atoms with Gasteiger partial charge < -0.3 is 22.1 Å². The van der Waals surface area contributed by atoms with E-state index in [0.29, 0.717) is 11.4 Å². The highest BCUT2D eigenvalue weighted by molar-refractivity contribution is 6.03. The fourth-order valence-electron chi connectivity index (χ4n) is 3.49. The summed E-state index contributed by atoms with van der Waals surface area (Å²) in [5.74, 6) is -2.16. The van der Waals surface area contributed by atoms with Crippen molar-refractivity contribution >= 4 is 52.2 Å². The van der Waals surface area contributed by atoms with Crippen molar-refractivity contribution in [3.63, 3.8) is 0 Å². The summed E-state index contributed by atoms with van der Waals surface area (Å²) < 4.78 is 0. The summed E-state index contributed by atoms with van der Waals surface area (Å²) in [6.07, 6.45) is 5.11. The first-order chi connectivity index (χ1) is 16.9. The molecule has 4 aromatic rings. The van der Waals surface area contributed by atoms with Gasteiger partial charge in [0.15, 0.2) is 0 Å². The third kappa shape index (κ3) is 5.69. The Bertz CT molecular complexity index is 1410. The second-order valence-electron chi connectivity index (χ2n) is 7.73. The number of para-hydroxylation sites is 1. The summed E-state index contributed by atoms with van der Waals surface area (Å²) in [5.41, 5.74) is 14.3. The molecule has 2 aromatic heterocycles. The Labute approximate surface area is 200 Å². The minimum Gasteiger partial charge on any atom is -0.370 e. The van der Waals surface area contributed by atoms with E-state index < -0.39 is 23.8 Å². The molecule has 0 fully saturated rings. The van der Waals surface area contributed by atoms with Gasteiger partial charge in [-0.15, -0.1) is 0 Å². The molecule has 3 amide bonds. The zero-order chi connectivity index (χ0) is 24.8. The highest BCUT2D eigenvalue weighted by Crippen LogP contribution is 2.26. The van der Waals surface area contributed by atoms with Gasteiger partial charge in [-0.2, -0.15) is 5.10 Å². The number of rotatable bonds is 9. The van der Waals surface area contributed by atoms with Crippen molar-refractivity contribution in [3.05, 3.63) is 83.8 Å². The average molecular weight is 470 g/mol. The second-order valence-corrected chi connectivity index (χ2v) is 7.73. The molecule has 0 spiro atoms. The number of primary amides is 2. The van der Waals surface area contributed by atoms with Crippen LogP contribution < -0.4 is 22.1 Å². The number of nitrogens with two attached hydrogens (primary N) is 2. The van der Waals surface area contributed by atoms with Crippen molar-refractivity contribution in [1.82, 2.24) is 20.5 Å². The molecule has 0 radical (unpaired) electrons. The van der Waals surface area contributed by atoms with Crippen LogP contribution in [0, 0.1) is 0 Å². The van der Waals surface area contributed by atoms with Crippen LogP contribution in [0.5, 0.6) is 0 Å². The molecule has 0 unspecified atom stereocenters. The number of nitrogens with one attached hydrogen (secondary N) is 3. The Morgan fingerprint density at radius 3 is 2.54 bits per heavy atom. The minimum absolute atomic E-state index is 0.270. The lowest BCUT2D eigenvalue weighted by Crippen LogP contribution is -2.46. The number of nitrogens with zero attached hydrogens (tertiary/aromatic N) is 2. The molecule has 0 saturated heterocycles. The van der Waals surface area contributed by atoms with Gasteiger partial charge in [-0.25, -0.2) is 0 Å². The number of amides is 3. The smallest absolute Gasteiger partial charge is 0.254 e. The highest BCUT2D eigenvalue weighted by Gasteiger charge is 2.22.